The summed E-state index contributed by atoms with van der Waals surface area (Å²) in [5.74, 6) is -0.364. The molecule has 0 N–H and O–H groups in total. The van der Waals surface area contributed by atoms with E-state index in [2.05, 4.69) is 10.00 Å². The molecule has 0 spiro atoms. The highest BCUT2D eigenvalue weighted by Gasteiger charge is 2.28. The Labute approximate surface area is 156 Å². The van der Waals surface area contributed by atoms with Crippen molar-refractivity contribution in [3.63, 3.8) is 0 Å². The average Bonchev–Trinajstić information content (AvgIpc) is 3.03. The van der Waals surface area contributed by atoms with E-state index < -0.39 is 11.0 Å². The van der Waals surface area contributed by atoms with Crippen LogP contribution >= 0.6 is 0 Å². The molecule has 2 heterocycles. The molecule has 1 atom stereocenters. The van der Waals surface area contributed by atoms with Gasteiger partial charge in [0, 0.05) is 32.7 Å². The molecule has 3 rings (SSSR count). The van der Waals surface area contributed by atoms with Crippen LogP contribution in [0.15, 0.2) is 30.5 Å². The van der Waals surface area contributed by atoms with Gasteiger partial charge in [-0.25, -0.2) is 4.39 Å². The van der Waals surface area contributed by atoms with Gasteiger partial charge >= 0.3 is 5.69 Å². The normalized spacial score (nSPS) is 16.3. The van der Waals surface area contributed by atoms with Crippen molar-refractivity contribution in [1.29, 1.82) is 0 Å². The number of nitrogens with zero attached hydrogens (tertiary/aromatic N) is 5. The number of benzene rings is 1. The SMILES string of the molecule is Cc1nn(C(C)C(=O)N2CCN(Cc3cccc(F)c3)CC2)cc1[N+](=O)[O-]. The van der Waals surface area contributed by atoms with Gasteiger partial charge in [0.2, 0.25) is 5.91 Å². The van der Waals surface area contributed by atoms with Gasteiger partial charge in [0.25, 0.3) is 0 Å². The predicted molar refractivity (Wildman–Crippen MR) is 96.6 cm³/mol. The Morgan fingerprint density at radius 1 is 1.33 bits per heavy atom. The molecule has 0 aliphatic carbocycles. The average molecular weight is 375 g/mol. The molecule has 1 unspecified atom stereocenters. The van der Waals surface area contributed by atoms with Crippen LogP contribution in [0.1, 0.15) is 24.2 Å². The summed E-state index contributed by atoms with van der Waals surface area (Å²) in [5.41, 5.74) is 1.11. The van der Waals surface area contributed by atoms with Gasteiger partial charge in [-0.1, -0.05) is 12.1 Å². The summed E-state index contributed by atoms with van der Waals surface area (Å²) in [6.45, 7) is 6.37. The zero-order chi connectivity index (χ0) is 19.6. The molecule has 0 saturated carbocycles. The van der Waals surface area contributed by atoms with E-state index in [1.54, 1.807) is 24.8 Å². The lowest BCUT2D eigenvalue weighted by molar-refractivity contribution is -0.385. The van der Waals surface area contributed by atoms with E-state index in [-0.39, 0.29) is 17.4 Å². The van der Waals surface area contributed by atoms with Gasteiger partial charge in [-0.2, -0.15) is 5.10 Å². The van der Waals surface area contributed by atoms with E-state index in [1.807, 2.05) is 6.07 Å². The number of nitro groups is 1. The van der Waals surface area contributed by atoms with Crippen LogP contribution in [0.25, 0.3) is 0 Å². The molecule has 1 aromatic heterocycles. The summed E-state index contributed by atoms with van der Waals surface area (Å²) in [6.07, 6.45) is 1.30. The largest absolute Gasteiger partial charge is 0.338 e. The van der Waals surface area contributed by atoms with Crippen molar-refractivity contribution in [1.82, 2.24) is 19.6 Å². The fraction of sp³-hybridized carbons (Fsp3) is 0.444. The minimum atomic E-state index is -0.604. The van der Waals surface area contributed by atoms with E-state index >= 15 is 0 Å². The second-order valence-electron chi connectivity index (χ2n) is 6.74. The molecule has 8 nitrogen and oxygen atoms in total. The number of aryl methyl sites for hydroxylation is 1. The lowest BCUT2D eigenvalue weighted by Crippen LogP contribution is -2.49. The maximum Gasteiger partial charge on any atom is 0.309 e. The molecular formula is C18H22FN5O3. The Hall–Kier alpha value is -2.81. The zero-order valence-corrected chi connectivity index (χ0v) is 15.3. The summed E-state index contributed by atoms with van der Waals surface area (Å²) < 4.78 is 14.7. The molecule has 1 amide bonds. The second kappa shape index (κ2) is 7.83. The van der Waals surface area contributed by atoms with E-state index in [9.17, 15) is 19.3 Å². The first-order valence-electron chi connectivity index (χ1n) is 8.81. The number of carbonyl (C=O) groups is 1. The molecule has 1 aliphatic rings. The maximum absolute atomic E-state index is 13.3. The molecule has 1 fully saturated rings. The van der Waals surface area contributed by atoms with Crippen LogP contribution in [-0.2, 0) is 11.3 Å². The minimum absolute atomic E-state index is 0.0884. The van der Waals surface area contributed by atoms with Gasteiger partial charge < -0.3 is 4.90 Å². The van der Waals surface area contributed by atoms with E-state index in [1.165, 1.54) is 23.0 Å². The standard InChI is InChI=1S/C18H22FN5O3/c1-13-17(24(26)27)12-23(20-13)14(2)18(25)22-8-6-21(7-9-22)11-15-4-3-5-16(19)10-15/h3-5,10,12,14H,6-9,11H2,1-2H3. The summed E-state index contributed by atoms with van der Waals surface area (Å²) >= 11 is 0. The molecular weight excluding hydrogens is 353 g/mol. The first-order chi connectivity index (χ1) is 12.8. The molecule has 1 aliphatic heterocycles. The van der Waals surface area contributed by atoms with E-state index in [0.29, 0.717) is 38.4 Å². The van der Waals surface area contributed by atoms with Crippen LogP contribution in [0, 0.1) is 22.9 Å². The smallest absolute Gasteiger partial charge is 0.309 e. The Morgan fingerprint density at radius 3 is 2.63 bits per heavy atom. The number of hydrogen-bond acceptors (Lipinski definition) is 5. The molecule has 9 heteroatoms. The van der Waals surface area contributed by atoms with Gasteiger partial charge in [-0.15, -0.1) is 0 Å². The highest BCUT2D eigenvalue weighted by atomic mass is 19.1. The molecule has 1 saturated heterocycles. The highest BCUT2D eigenvalue weighted by Crippen LogP contribution is 2.20. The van der Waals surface area contributed by atoms with Crippen molar-refractivity contribution in [2.75, 3.05) is 26.2 Å². The van der Waals surface area contributed by atoms with Gasteiger partial charge in [-0.05, 0) is 31.5 Å². The van der Waals surface area contributed by atoms with Crippen molar-refractivity contribution in [2.24, 2.45) is 0 Å². The van der Waals surface area contributed by atoms with Crippen molar-refractivity contribution in [2.45, 2.75) is 26.4 Å². The number of rotatable bonds is 5. The van der Waals surface area contributed by atoms with Crippen LogP contribution in [0.5, 0.6) is 0 Å². The number of hydrogen-bond donors (Lipinski definition) is 0. The van der Waals surface area contributed by atoms with Crippen LogP contribution in [0.2, 0.25) is 0 Å². The summed E-state index contributed by atoms with van der Waals surface area (Å²) in [4.78, 5) is 27.1. The van der Waals surface area contributed by atoms with E-state index in [4.69, 9.17) is 0 Å². The van der Waals surface area contributed by atoms with E-state index in [0.717, 1.165) is 5.56 Å². The zero-order valence-electron chi connectivity index (χ0n) is 15.3. The van der Waals surface area contributed by atoms with Gasteiger partial charge in [0.15, 0.2) is 0 Å². The third kappa shape index (κ3) is 4.30. The first-order valence-corrected chi connectivity index (χ1v) is 8.81. The van der Waals surface area contributed by atoms with Crippen LogP contribution < -0.4 is 0 Å². The monoisotopic (exact) mass is 375 g/mol. The third-order valence-corrected chi connectivity index (χ3v) is 4.82. The second-order valence-corrected chi connectivity index (χ2v) is 6.74. The Bertz CT molecular complexity index is 845. The number of amides is 1. The van der Waals surface area contributed by atoms with Crippen molar-refractivity contribution in [3.8, 4) is 0 Å². The van der Waals surface area contributed by atoms with Crippen LogP contribution in [-0.4, -0.2) is 56.6 Å². The van der Waals surface area contributed by atoms with Crippen molar-refractivity contribution in [3.05, 3.63) is 57.7 Å². The highest BCUT2D eigenvalue weighted by molar-refractivity contribution is 5.80. The third-order valence-electron chi connectivity index (χ3n) is 4.82. The molecule has 1 aromatic carbocycles. The summed E-state index contributed by atoms with van der Waals surface area (Å²) in [6, 6.07) is 5.91. The molecule has 144 valence electrons. The van der Waals surface area contributed by atoms with Crippen LogP contribution in [0.4, 0.5) is 10.1 Å². The fourth-order valence-electron chi connectivity index (χ4n) is 3.25. The number of halogens is 1. The molecule has 27 heavy (non-hydrogen) atoms. The lowest BCUT2D eigenvalue weighted by Gasteiger charge is -2.36. The number of aromatic nitrogens is 2. The minimum Gasteiger partial charge on any atom is -0.338 e. The van der Waals surface area contributed by atoms with Gasteiger partial charge in [-0.3, -0.25) is 24.5 Å². The lowest BCUT2D eigenvalue weighted by atomic mass is 10.2. The molecule has 0 radical (unpaired) electrons. The Kier molecular flexibility index (Phi) is 5.50. The van der Waals surface area contributed by atoms with Gasteiger partial charge in [0.05, 0.1) is 4.92 Å². The van der Waals surface area contributed by atoms with Gasteiger partial charge in [0.1, 0.15) is 23.7 Å². The number of piperazine rings is 1. The first kappa shape index (κ1) is 19.0. The summed E-state index contributed by atoms with van der Waals surface area (Å²) in [7, 11) is 0. The predicted octanol–water partition coefficient (Wildman–Crippen LogP) is 2.14. The maximum atomic E-state index is 13.3. The Balaban J connectivity index is 1.58. The fourth-order valence-corrected chi connectivity index (χ4v) is 3.25. The quantitative estimate of drug-likeness (QED) is 0.591. The van der Waals surface area contributed by atoms with Crippen LogP contribution in [0.3, 0.4) is 0 Å². The Morgan fingerprint density at radius 2 is 2.04 bits per heavy atom. The number of carbonyl (C=O) groups excluding carboxylic acids is 1. The van der Waals surface area contributed by atoms with Crippen molar-refractivity contribution < 1.29 is 14.1 Å². The summed E-state index contributed by atoms with van der Waals surface area (Å²) in [5, 5.41) is 15.1. The molecule has 0 bridgehead atoms. The topological polar surface area (TPSA) is 84.5 Å². The van der Waals surface area contributed by atoms with Crippen molar-refractivity contribution >= 4 is 11.6 Å². The molecule has 2 aromatic rings.